The van der Waals surface area contributed by atoms with Gasteiger partial charge in [-0.05, 0) is 37.3 Å². The molecule has 2 rings (SSSR count). The lowest BCUT2D eigenvalue weighted by atomic mass is 10.2. The number of benzene rings is 2. The van der Waals surface area contributed by atoms with Crippen LogP contribution >= 0.6 is 0 Å². The summed E-state index contributed by atoms with van der Waals surface area (Å²) < 4.78 is 18.8. The van der Waals surface area contributed by atoms with Crippen LogP contribution in [0.3, 0.4) is 0 Å². The van der Waals surface area contributed by atoms with Crippen LogP contribution in [0, 0.1) is 17.1 Å². The van der Waals surface area contributed by atoms with Gasteiger partial charge in [0.2, 0.25) is 0 Å². The van der Waals surface area contributed by atoms with Gasteiger partial charge in [0.1, 0.15) is 11.6 Å². The minimum absolute atomic E-state index is 0.272. The SMILES string of the molecule is C[C@H](Oc1ccc(C#N)cc1)C(=O)N/N=C\c1ccccc1F. The zero-order chi connectivity index (χ0) is 16.7. The quantitative estimate of drug-likeness (QED) is 0.681. The lowest BCUT2D eigenvalue weighted by Gasteiger charge is -2.12. The topological polar surface area (TPSA) is 74.5 Å². The molecule has 0 aliphatic rings. The zero-order valence-corrected chi connectivity index (χ0v) is 12.4. The predicted molar refractivity (Wildman–Crippen MR) is 83.4 cm³/mol. The van der Waals surface area contributed by atoms with Crippen LogP contribution in [0.1, 0.15) is 18.1 Å². The smallest absolute Gasteiger partial charge is 0.280 e. The molecule has 0 aliphatic heterocycles. The Morgan fingerprint density at radius 2 is 2.00 bits per heavy atom. The first-order valence-electron chi connectivity index (χ1n) is 6.84. The molecule has 0 saturated heterocycles. The fraction of sp³-hybridized carbons (Fsp3) is 0.118. The molecule has 23 heavy (non-hydrogen) atoms. The average Bonchev–Trinajstić information content (AvgIpc) is 2.57. The van der Waals surface area contributed by atoms with Gasteiger partial charge in [-0.25, -0.2) is 9.82 Å². The molecule has 0 heterocycles. The fourth-order valence-electron chi connectivity index (χ4n) is 1.70. The third-order valence-corrected chi connectivity index (χ3v) is 2.95. The molecular weight excluding hydrogens is 297 g/mol. The van der Waals surface area contributed by atoms with Crippen LogP contribution in [0.5, 0.6) is 5.75 Å². The Balaban J connectivity index is 1.89. The van der Waals surface area contributed by atoms with Crippen LogP contribution in [0.15, 0.2) is 53.6 Å². The number of nitrogens with zero attached hydrogens (tertiary/aromatic N) is 2. The Bertz CT molecular complexity index is 751. The molecule has 0 saturated carbocycles. The third-order valence-electron chi connectivity index (χ3n) is 2.95. The third kappa shape index (κ3) is 4.64. The first-order chi connectivity index (χ1) is 11.1. The number of nitrogens with one attached hydrogen (secondary N) is 1. The lowest BCUT2D eigenvalue weighted by molar-refractivity contribution is -0.127. The zero-order valence-electron chi connectivity index (χ0n) is 12.4. The number of carbonyl (C=O) groups is 1. The molecule has 1 N–H and O–H groups in total. The van der Waals surface area contributed by atoms with Crippen LogP contribution in [0.4, 0.5) is 4.39 Å². The molecule has 0 spiro atoms. The number of hydrogen-bond donors (Lipinski definition) is 1. The summed E-state index contributed by atoms with van der Waals surface area (Å²) in [6.45, 7) is 1.56. The van der Waals surface area contributed by atoms with Crippen LogP contribution in [0.25, 0.3) is 0 Å². The predicted octanol–water partition coefficient (Wildman–Crippen LogP) is 2.61. The first kappa shape index (κ1) is 16.2. The van der Waals surface area contributed by atoms with Gasteiger partial charge in [-0.2, -0.15) is 10.4 Å². The Morgan fingerprint density at radius 1 is 1.30 bits per heavy atom. The molecule has 0 aromatic heterocycles. The van der Waals surface area contributed by atoms with Crippen LogP contribution in [-0.2, 0) is 4.79 Å². The monoisotopic (exact) mass is 311 g/mol. The van der Waals surface area contributed by atoms with Crippen molar-refractivity contribution in [2.45, 2.75) is 13.0 Å². The standard InChI is InChI=1S/C17H14FN3O2/c1-12(23-15-8-6-13(10-19)7-9-15)17(22)21-20-11-14-4-2-3-5-16(14)18/h2-9,11-12H,1H3,(H,21,22)/b20-11-/t12-/m0/s1. The summed E-state index contributed by atoms with van der Waals surface area (Å²) in [5.74, 6) is -0.431. The first-order valence-corrected chi connectivity index (χ1v) is 6.84. The summed E-state index contributed by atoms with van der Waals surface area (Å²) in [6.07, 6.45) is 0.433. The summed E-state index contributed by atoms with van der Waals surface area (Å²) in [5.41, 5.74) is 3.06. The van der Waals surface area contributed by atoms with E-state index in [0.717, 1.165) is 0 Å². The van der Waals surface area contributed by atoms with E-state index in [0.29, 0.717) is 11.3 Å². The Labute approximate surface area is 133 Å². The minimum Gasteiger partial charge on any atom is -0.481 e. The Hall–Kier alpha value is -3.20. The number of halogens is 1. The number of nitriles is 1. The van der Waals surface area contributed by atoms with Crippen molar-refractivity contribution in [1.29, 1.82) is 5.26 Å². The molecule has 0 fully saturated rings. The van der Waals surface area contributed by atoms with E-state index in [1.54, 1.807) is 49.4 Å². The molecule has 6 heteroatoms. The van der Waals surface area contributed by atoms with Gasteiger partial charge in [0.25, 0.3) is 5.91 Å². The van der Waals surface area contributed by atoms with E-state index < -0.39 is 17.8 Å². The van der Waals surface area contributed by atoms with Gasteiger partial charge in [-0.3, -0.25) is 4.79 Å². The van der Waals surface area contributed by atoms with Crippen molar-refractivity contribution >= 4 is 12.1 Å². The highest BCUT2D eigenvalue weighted by molar-refractivity contribution is 5.84. The Kier molecular flexibility index (Phi) is 5.42. The van der Waals surface area contributed by atoms with Crippen molar-refractivity contribution in [2.24, 2.45) is 5.10 Å². The number of hydrogen-bond acceptors (Lipinski definition) is 4. The second kappa shape index (κ2) is 7.71. The molecular formula is C17H14FN3O2. The van der Waals surface area contributed by atoms with E-state index in [2.05, 4.69) is 10.5 Å². The van der Waals surface area contributed by atoms with Gasteiger partial charge in [0, 0.05) is 5.56 Å². The number of carbonyl (C=O) groups excluding carboxylic acids is 1. The van der Waals surface area contributed by atoms with E-state index in [1.807, 2.05) is 6.07 Å². The van der Waals surface area contributed by atoms with Gasteiger partial charge in [0.15, 0.2) is 6.10 Å². The Morgan fingerprint density at radius 3 is 2.65 bits per heavy atom. The van der Waals surface area contributed by atoms with Gasteiger partial charge in [-0.15, -0.1) is 0 Å². The van der Waals surface area contributed by atoms with Gasteiger partial charge in [0.05, 0.1) is 17.8 Å². The maximum Gasteiger partial charge on any atom is 0.280 e. The van der Waals surface area contributed by atoms with Crippen molar-refractivity contribution in [2.75, 3.05) is 0 Å². The van der Waals surface area contributed by atoms with Gasteiger partial charge in [-0.1, -0.05) is 18.2 Å². The molecule has 1 amide bonds. The highest BCUT2D eigenvalue weighted by Gasteiger charge is 2.13. The van der Waals surface area contributed by atoms with Crippen molar-refractivity contribution in [3.8, 4) is 11.8 Å². The summed E-state index contributed by atoms with van der Waals surface area (Å²) in [4.78, 5) is 11.8. The highest BCUT2D eigenvalue weighted by atomic mass is 19.1. The van der Waals surface area contributed by atoms with E-state index in [1.165, 1.54) is 12.3 Å². The number of ether oxygens (including phenoxy) is 1. The molecule has 0 aliphatic carbocycles. The largest absolute Gasteiger partial charge is 0.481 e. The summed E-state index contributed by atoms with van der Waals surface area (Å²) in [7, 11) is 0. The van der Waals surface area contributed by atoms with Crippen LogP contribution in [0.2, 0.25) is 0 Å². The number of hydrazone groups is 1. The maximum atomic E-state index is 13.4. The molecule has 1 atom stereocenters. The molecule has 5 nitrogen and oxygen atoms in total. The molecule has 0 unspecified atom stereocenters. The lowest BCUT2D eigenvalue weighted by Crippen LogP contribution is -2.33. The van der Waals surface area contributed by atoms with Gasteiger partial charge >= 0.3 is 0 Å². The fourth-order valence-corrected chi connectivity index (χ4v) is 1.70. The van der Waals surface area contributed by atoms with Crippen molar-refractivity contribution < 1.29 is 13.9 Å². The average molecular weight is 311 g/mol. The molecule has 2 aromatic carbocycles. The second-order valence-corrected chi connectivity index (χ2v) is 4.65. The molecule has 2 aromatic rings. The van der Waals surface area contributed by atoms with Crippen LogP contribution in [-0.4, -0.2) is 18.2 Å². The second-order valence-electron chi connectivity index (χ2n) is 4.65. The summed E-state index contributed by atoms with van der Waals surface area (Å²) >= 11 is 0. The minimum atomic E-state index is -0.791. The molecule has 0 radical (unpaired) electrons. The van der Waals surface area contributed by atoms with E-state index in [4.69, 9.17) is 10.00 Å². The van der Waals surface area contributed by atoms with Crippen molar-refractivity contribution in [3.05, 3.63) is 65.5 Å². The normalized spacial score (nSPS) is 11.7. The van der Waals surface area contributed by atoms with Crippen molar-refractivity contribution in [1.82, 2.24) is 5.43 Å². The van der Waals surface area contributed by atoms with Crippen LogP contribution < -0.4 is 10.2 Å². The van der Waals surface area contributed by atoms with E-state index >= 15 is 0 Å². The summed E-state index contributed by atoms with van der Waals surface area (Å²) in [5, 5.41) is 12.4. The molecule has 116 valence electrons. The van der Waals surface area contributed by atoms with E-state index in [-0.39, 0.29) is 5.56 Å². The number of amides is 1. The number of rotatable bonds is 5. The highest BCUT2D eigenvalue weighted by Crippen LogP contribution is 2.13. The van der Waals surface area contributed by atoms with Crippen molar-refractivity contribution in [3.63, 3.8) is 0 Å². The van der Waals surface area contributed by atoms with E-state index in [9.17, 15) is 9.18 Å². The summed E-state index contributed by atoms with van der Waals surface area (Å²) in [6, 6.07) is 14.5. The maximum absolute atomic E-state index is 13.4. The molecule has 0 bridgehead atoms. The van der Waals surface area contributed by atoms with Gasteiger partial charge < -0.3 is 4.74 Å².